The van der Waals surface area contributed by atoms with Crippen molar-refractivity contribution in [3.05, 3.63) is 35.9 Å². The Morgan fingerprint density at radius 2 is 1.75 bits per heavy atom. The second-order valence-electron chi connectivity index (χ2n) is 7.27. The van der Waals surface area contributed by atoms with Crippen molar-refractivity contribution in [3.8, 4) is 0 Å². The Hall–Kier alpha value is -2.04. The zero-order valence-corrected chi connectivity index (χ0v) is 14.9. The number of piperidine rings is 1. The minimum atomic E-state index is -0.597. The number of rotatable bonds is 4. The predicted octanol–water partition coefficient (Wildman–Crippen LogP) is 3.13. The van der Waals surface area contributed by atoms with E-state index >= 15 is 0 Å². The number of carbonyl (C=O) groups is 2. The van der Waals surface area contributed by atoms with Gasteiger partial charge >= 0.3 is 6.09 Å². The highest BCUT2D eigenvalue weighted by atomic mass is 16.6. The normalized spacial score (nSPS) is 16.4. The number of nitrogens with zero attached hydrogens (tertiary/aromatic N) is 1. The van der Waals surface area contributed by atoms with Crippen molar-refractivity contribution >= 4 is 12.0 Å². The molecule has 1 saturated heterocycles. The van der Waals surface area contributed by atoms with Gasteiger partial charge in [0.25, 0.3) is 0 Å². The number of benzene rings is 1. The number of alkyl carbamates (subject to hydrolysis) is 1. The number of carbonyl (C=O) groups excluding carboxylic acids is 2. The molecule has 1 atom stereocenters. The Morgan fingerprint density at radius 1 is 1.12 bits per heavy atom. The van der Waals surface area contributed by atoms with Crippen molar-refractivity contribution in [3.63, 3.8) is 0 Å². The molecule has 2 rings (SSSR count). The fraction of sp³-hybridized carbons (Fsp3) is 0.579. The molecule has 132 valence electrons. The van der Waals surface area contributed by atoms with Gasteiger partial charge in [0.2, 0.25) is 5.91 Å². The van der Waals surface area contributed by atoms with E-state index in [9.17, 15) is 9.59 Å². The Bertz CT molecular complexity index is 545. The molecule has 0 spiro atoms. The highest BCUT2D eigenvalue weighted by Gasteiger charge is 2.28. The SMILES string of the molecule is CC(C)(C)OC(=O)NC(Cc1ccccc1)C(=O)N1CCCCC1. The molecule has 5 heteroatoms. The van der Waals surface area contributed by atoms with Crippen LogP contribution in [0.3, 0.4) is 0 Å². The standard InChI is InChI=1S/C19H28N2O3/c1-19(2,3)24-18(23)20-16(14-15-10-6-4-7-11-15)17(22)21-12-8-5-9-13-21/h4,6-7,10-11,16H,5,8-9,12-14H2,1-3H3,(H,20,23). The molecule has 1 fully saturated rings. The summed E-state index contributed by atoms with van der Waals surface area (Å²) in [6, 6.07) is 9.14. The molecule has 1 aromatic rings. The first-order valence-corrected chi connectivity index (χ1v) is 8.67. The van der Waals surface area contributed by atoms with Crippen LogP contribution in [0.25, 0.3) is 0 Å². The largest absolute Gasteiger partial charge is 0.444 e. The number of nitrogens with one attached hydrogen (secondary N) is 1. The van der Waals surface area contributed by atoms with Crippen LogP contribution in [-0.4, -0.2) is 41.6 Å². The minimum absolute atomic E-state index is 0.0237. The maximum atomic E-state index is 12.9. The Balaban J connectivity index is 2.08. The summed E-state index contributed by atoms with van der Waals surface area (Å²) in [6.07, 6.45) is 3.13. The summed E-state index contributed by atoms with van der Waals surface area (Å²) in [6.45, 7) is 6.96. The van der Waals surface area contributed by atoms with Gasteiger partial charge in [-0.1, -0.05) is 30.3 Å². The van der Waals surface area contributed by atoms with Gasteiger partial charge in [-0.2, -0.15) is 0 Å². The van der Waals surface area contributed by atoms with Crippen LogP contribution in [-0.2, 0) is 16.0 Å². The van der Waals surface area contributed by atoms with E-state index in [0.29, 0.717) is 6.42 Å². The predicted molar refractivity (Wildman–Crippen MR) is 93.7 cm³/mol. The number of ether oxygens (including phenoxy) is 1. The van der Waals surface area contributed by atoms with Crippen molar-refractivity contribution in [2.75, 3.05) is 13.1 Å². The monoisotopic (exact) mass is 332 g/mol. The Kier molecular flexibility index (Phi) is 6.23. The lowest BCUT2D eigenvalue weighted by Gasteiger charge is -2.31. The minimum Gasteiger partial charge on any atom is -0.444 e. The molecule has 0 bridgehead atoms. The zero-order chi connectivity index (χ0) is 17.6. The third-order valence-corrected chi connectivity index (χ3v) is 3.94. The molecule has 0 saturated carbocycles. The molecular formula is C19H28N2O3. The van der Waals surface area contributed by atoms with Crippen LogP contribution in [0.15, 0.2) is 30.3 Å². The third-order valence-electron chi connectivity index (χ3n) is 3.94. The van der Waals surface area contributed by atoms with E-state index in [1.165, 1.54) is 0 Å². The van der Waals surface area contributed by atoms with Crippen molar-refractivity contribution in [2.24, 2.45) is 0 Å². The average molecular weight is 332 g/mol. The number of amides is 2. The van der Waals surface area contributed by atoms with E-state index in [1.54, 1.807) is 0 Å². The highest BCUT2D eigenvalue weighted by Crippen LogP contribution is 2.14. The maximum absolute atomic E-state index is 12.9. The first-order valence-electron chi connectivity index (χ1n) is 8.67. The van der Waals surface area contributed by atoms with E-state index in [-0.39, 0.29) is 5.91 Å². The second kappa shape index (κ2) is 8.18. The smallest absolute Gasteiger partial charge is 0.408 e. The van der Waals surface area contributed by atoms with Gasteiger partial charge in [0, 0.05) is 19.5 Å². The van der Waals surface area contributed by atoms with Gasteiger partial charge in [-0.05, 0) is 45.6 Å². The average Bonchev–Trinajstić information content (AvgIpc) is 2.53. The van der Waals surface area contributed by atoms with Crippen molar-refractivity contribution in [2.45, 2.75) is 58.1 Å². The molecule has 0 aromatic heterocycles. The number of hydrogen-bond acceptors (Lipinski definition) is 3. The number of hydrogen-bond donors (Lipinski definition) is 1. The molecule has 2 amide bonds. The summed E-state index contributed by atoms with van der Waals surface area (Å²) < 4.78 is 5.32. The summed E-state index contributed by atoms with van der Waals surface area (Å²) >= 11 is 0. The van der Waals surface area contributed by atoms with E-state index in [4.69, 9.17) is 4.74 Å². The molecule has 1 aromatic carbocycles. The molecule has 0 radical (unpaired) electrons. The third kappa shape index (κ3) is 5.87. The summed E-state index contributed by atoms with van der Waals surface area (Å²) in [5.74, 6) is -0.0237. The van der Waals surface area contributed by atoms with Crippen LogP contribution in [0.1, 0.15) is 45.6 Å². The summed E-state index contributed by atoms with van der Waals surface area (Å²) in [5, 5.41) is 2.77. The van der Waals surface area contributed by atoms with Crippen molar-refractivity contribution in [1.29, 1.82) is 0 Å². The quantitative estimate of drug-likeness (QED) is 0.921. The Labute approximate surface area is 144 Å². The van der Waals surface area contributed by atoms with Crippen molar-refractivity contribution < 1.29 is 14.3 Å². The van der Waals surface area contributed by atoms with Gasteiger partial charge in [0.1, 0.15) is 11.6 Å². The summed E-state index contributed by atoms with van der Waals surface area (Å²) in [5.41, 5.74) is 0.430. The van der Waals surface area contributed by atoms with Crippen LogP contribution in [0, 0.1) is 0 Å². The highest BCUT2D eigenvalue weighted by molar-refractivity contribution is 5.86. The molecule has 0 aliphatic carbocycles. The topological polar surface area (TPSA) is 58.6 Å². The van der Waals surface area contributed by atoms with Crippen LogP contribution in [0.2, 0.25) is 0 Å². The van der Waals surface area contributed by atoms with Gasteiger partial charge in [0.15, 0.2) is 0 Å². The molecular weight excluding hydrogens is 304 g/mol. The van der Waals surface area contributed by atoms with Gasteiger partial charge < -0.3 is 15.0 Å². The lowest BCUT2D eigenvalue weighted by molar-refractivity contribution is -0.134. The van der Waals surface area contributed by atoms with Gasteiger partial charge in [0.05, 0.1) is 0 Å². The lowest BCUT2D eigenvalue weighted by atomic mass is 10.0. The van der Waals surface area contributed by atoms with Crippen LogP contribution >= 0.6 is 0 Å². The summed E-state index contributed by atoms with van der Waals surface area (Å²) in [7, 11) is 0. The second-order valence-corrected chi connectivity index (χ2v) is 7.27. The molecule has 1 unspecified atom stereocenters. The van der Waals surface area contributed by atoms with Crippen LogP contribution in [0.5, 0.6) is 0 Å². The van der Waals surface area contributed by atoms with Gasteiger partial charge in [-0.15, -0.1) is 0 Å². The molecule has 1 N–H and O–H groups in total. The first kappa shape index (κ1) is 18.3. The zero-order valence-electron chi connectivity index (χ0n) is 14.9. The van der Waals surface area contributed by atoms with Gasteiger partial charge in [-0.3, -0.25) is 4.79 Å². The van der Waals surface area contributed by atoms with E-state index in [2.05, 4.69) is 5.32 Å². The molecule has 1 aliphatic heterocycles. The summed E-state index contributed by atoms with van der Waals surface area (Å²) in [4.78, 5) is 26.9. The molecule has 24 heavy (non-hydrogen) atoms. The molecule has 1 heterocycles. The fourth-order valence-corrected chi connectivity index (χ4v) is 2.83. The van der Waals surface area contributed by atoms with E-state index < -0.39 is 17.7 Å². The molecule has 1 aliphatic rings. The lowest BCUT2D eigenvalue weighted by Crippen LogP contribution is -2.51. The fourth-order valence-electron chi connectivity index (χ4n) is 2.83. The molecule has 5 nitrogen and oxygen atoms in total. The van der Waals surface area contributed by atoms with E-state index in [1.807, 2.05) is 56.0 Å². The van der Waals surface area contributed by atoms with Crippen LogP contribution in [0.4, 0.5) is 4.79 Å². The van der Waals surface area contributed by atoms with Crippen molar-refractivity contribution in [1.82, 2.24) is 10.2 Å². The Morgan fingerprint density at radius 3 is 2.33 bits per heavy atom. The van der Waals surface area contributed by atoms with Crippen LogP contribution < -0.4 is 5.32 Å². The first-order chi connectivity index (χ1) is 11.3. The van der Waals surface area contributed by atoms with E-state index in [0.717, 1.165) is 37.9 Å². The number of likely N-dealkylation sites (tertiary alicyclic amines) is 1. The van der Waals surface area contributed by atoms with Gasteiger partial charge in [-0.25, -0.2) is 4.79 Å². The maximum Gasteiger partial charge on any atom is 0.408 e.